The molecule has 0 fully saturated rings. The normalized spacial score (nSPS) is 22.7. The van der Waals surface area contributed by atoms with E-state index in [-0.39, 0.29) is 24.3 Å². The summed E-state index contributed by atoms with van der Waals surface area (Å²) >= 11 is 0. The molecule has 0 heterocycles. The van der Waals surface area contributed by atoms with Crippen LogP contribution in [0.5, 0.6) is 0 Å². The van der Waals surface area contributed by atoms with Crippen molar-refractivity contribution in [1.82, 2.24) is 10.6 Å². The first kappa shape index (κ1) is 23.6. The van der Waals surface area contributed by atoms with Crippen LogP contribution in [0.1, 0.15) is 59.3 Å². The zero-order valence-corrected chi connectivity index (χ0v) is 19.8. The molecule has 2 N–H and O–H groups in total. The van der Waals surface area contributed by atoms with Crippen LogP contribution in [-0.2, 0) is 22.3 Å². The maximum Gasteiger partial charge on any atom is 0.407 e. The zero-order valence-electron chi connectivity index (χ0n) is 19.8. The summed E-state index contributed by atoms with van der Waals surface area (Å²) in [5.41, 5.74) is 7.59. The van der Waals surface area contributed by atoms with E-state index in [0.717, 1.165) is 12.8 Å². The van der Waals surface area contributed by atoms with Gasteiger partial charge in [-0.1, -0.05) is 61.4 Å². The van der Waals surface area contributed by atoms with Gasteiger partial charge in [-0.15, -0.1) is 0 Å². The molecule has 0 aliphatic heterocycles. The average Bonchev–Trinajstić information content (AvgIpc) is 3.24. The van der Waals surface area contributed by atoms with Crippen LogP contribution in [0.25, 0.3) is 0 Å². The fourth-order valence-corrected chi connectivity index (χ4v) is 4.73. The number of hydrogen-bond donors (Lipinski definition) is 2. The van der Waals surface area contributed by atoms with Crippen molar-refractivity contribution in [2.45, 2.75) is 52.6 Å². The summed E-state index contributed by atoms with van der Waals surface area (Å²) in [6.07, 6.45) is 1.33. The first-order valence-electron chi connectivity index (χ1n) is 11.1. The van der Waals surface area contributed by atoms with Crippen molar-refractivity contribution in [1.29, 1.82) is 0 Å². The third kappa shape index (κ3) is 5.23. The Morgan fingerprint density at radius 2 is 1.12 bits per heavy atom. The number of aryl methyl sites for hydroxylation is 2. The van der Waals surface area contributed by atoms with E-state index in [1.165, 1.54) is 47.6 Å². The van der Waals surface area contributed by atoms with Gasteiger partial charge in [0.05, 0.1) is 26.3 Å². The second-order valence-electron chi connectivity index (χ2n) is 8.99. The monoisotopic (exact) mass is 438 g/mol. The van der Waals surface area contributed by atoms with Gasteiger partial charge in [-0.3, -0.25) is 0 Å². The molecule has 2 aromatic carbocycles. The lowest BCUT2D eigenvalue weighted by atomic mass is 10.0. The second-order valence-corrected chi connectivity index (χ2v) is 8.99. The summed E-state index contributed by atoms with van der Waals surface area (Å²) in [7, 11) is 2.79. The second kappa shape index (κ2) is 10.1. The maximum absolute atomic E-state index is 11.3. The summed E-state index contributed by atoms with van der Waals surface area (Å²) in [6.45, 7) is 8.43. The first-order chi connectivity index (χ1) is 15.2. The lowest BCUT2D eigenvalue weighted by Gasteiger charge is -2.17. The van der Waals surface area contributed by atoms with E-state index < -0.39 is 0 Å². The van der Waals surface area contributed by atoms with Crippen LogP contribution in [0, 0.1) is 25.7 Å². The van der Waals surface area contributed by atoms with Gasteiger partial charge in [-0.25, -0.2) is 9.59 Å². The SMILES string of the molecule is COC(=O)N[C@H]1c2cc(C)ccc2C[C@@H]1C.COC(=O)N[C@H]1c2cc(C)ccc2C[C@@H]1C. The zero-order chi connectivity index (χ0) is 23.4. The molecule has 32 heavy (non-hydrogen) atoms. The fraction of sp³-hybridized carbons (Fsp3) is 0.462. The molecule has 0 spiro atoms. The molecule has 2 aliphatic carbocycles. The van der Waals surface area contributed by atoms with Crippen LogP contribution in [0.15, 0.2) is 36.4 Å². The number of hydrogen-bond acceptors (Lipinski definition) is 4. The number of rotatable bonds is 2. The van der Waals surface area contributed by atoms with Crippen molar-refractivity contribution in [2.24, 2.45) is 11.8 Å². The average molecular weight is 439 g/mol. The highest BCUT2D eigenvalue weighted by atomic mass is 16.5. The first-order valence-corrected chi connectivity index (χ1v) is 11.1. The van der Waals surface area contributed by atoms with Crippen LogP contribution < -0.4 is 10.6 Å². The van der Waals surface area contributed by atoms with Crippen LogP contribution in [0.4, 0.5) is 9.59 Å². The number of fused-ring (bicyclic) bond motifs is 2. The quantitative estimate of drug-likeness (QED) is 0.678. The van der Waals surface area contributed by atoms with Crippen molar-refractivity contribution in [3.05, 3.63) is 69.8 Å². The van der Waals surface area contributed by atoms with E-state index in [1.807, 2.05) is 0 Å². The fourth-order valence-electron chi connectivity index (χ4n) is 4.73. The van der Waals surface area contributed by atoms with E-state index in [9.17, 15) is 9.59 Å². The number of methoxy groups -OCH3 is 2. The number of carbonyl (C=O) groups is 2. The molecule has 4 rings (SSSR count). The Morgan fingerprint density at radius 3 is 1.47 bits per heavy atom. The van der Waals surface area contributed by atoms with Gasteiger partial charge in [0.2, 0.25) is 0 Å². The molecule has 2 amide bonds. The molecule has 0 saturated carbocycles. The number of ether oxygens (including phenoxy) is 2. The van der Waals surface area contributed by atoms with Gasteiger partial charge in [-0.05, 0) is 60.8 Å². The highest BCUT2D eigenvalue weighted by molar-refractivity contribution is 5.68. The Kier molecular flexibility index (Phi) is 7.44. The number of benzene rings is 2. The Balaban J connectivity index is 0.000000181. The van der Waals surface area contributed by atoms with Crippen molar-refractivity contribution >= 4 is 12.2 Å². The highest BCUT2D eigenvalue weighted by Gasteiger charge is 2.31. The molecule has 0 saturated heterocycles. The minimum absolute atomic E-state index is 0.0855. The van der Waals surface area contributed by atoms with Crippen LogP contribution in [-0.4, -0.2) is 26.4 Å². The van der Waals surface area contributed by atoms with E-state index in [4.69, 9.17) is 0 Å². The van der Waals surface area contributed by atoms with Gasteiger partial charge in [0.15, 0.2) is 0 Å². The van der Waals surface area contributed by atoms with Gasteiger partial charge >= 0.3 is 12.2 Å². The molecule has 6 heteroatoms. The van der Waals surface area contributed by atoms with Crippen molar-refractivity contribution < 1.29 is 19.1 Å². The Morgan fingerprint density at radius 1 is 0.750 bits per heavy atom. The third-order valence-electron chi connectivity index (χ3n) is 6.41. The molecular formula is C26H34N2O4. The van der Waals surface area contributed by atoms with E-state index >= 15 is 0 Å². The predicted octanol–water partition coefficient (Wildman–Crippen LogP) is 5.17. The number of carbonyl (C=O) groups excluding carboxylic acids is 2. The van der Waals surface area contributed by atoms with Crippen LogP contribution in [0.3, 0.4) is 0 Å². The third-order valence-corrected chi connectivity index (χ3v) is 6.41. The minimum atomic E-state index is -0.355. The maximum atomic E-state index is 11.3. The van der Waals surface area contributed by atoms with E-state index in [1.54, 1.807) is 0 Å². The molecule has 0 aromatic heterocycles. The van der Waals surface area contributed by atoms with Gasteiger partial charge < -0.3 is 20.1 Å². The minimum Gasteiger partial charge on any atom is -0.453 e. The molecule has 4 atom stereocenters. The topological polar surface area (TPSA) is 76.7 Å². The summed E-state index contributed by atoms with van der Waals surface area (Å²) in [5, 5.41) is 5.80. The largest absolute Gasteiger partial charge is 0.453 e. The smallest absolute Gasteiger partial charge is 0.407 e. The summed E-state index contributed by atoms with van der Waals surface area (Å²) in [4.78, 5) is 22.5. The number of alkyl carbamates (subject to hydrolysis) is 2. The molecule has 0 unspecified atom stereocenters. The van der Waals surface area contributed by atoms with E-state index in [2.05, 4.69) is 84.2 Å². The van der Waals surface area contributed by atoms with E-state index in [0.29, 0.717) is 11.8 Å². The lowest BCUT2D eigenvalue weighted by Crippen LogP contribution is -2.30. The molecule has 0 bridgehead atoms. The Hall–Kier alpha value is -3.02. The van der Waals surface area contributed by atoms with Gasteiger partial charge in [-0.2, -0.15) is 0 Å². The molecule has 172 valence electrons. The molecule has 6 nitrogen and oxygen atoms in total. The van der Waals surface area contributed by atoms with Crippen molar-refractivity contribution in [2.75, 3.05) is 14.2 Å². The number of nitrogens with one attached hydrogen (secondary N) is 2. The van der Waals surface area contributed by atoms with Gasteiger partial charge in [0.25, 0.3) is 0 Å². The predicted molar refractivity (Wildman–Crippen MR) is 125 cm³/mol. The van der Waals surface area contributed by atoms with Gasteiger partial charge in [0.1, 0.15) is 0 Å². The van der Waals surface area contributed by atoms with Crippen LogP contribution >= 0.6 is 0 Å². The summed E-state index contributed by atoms with van der Waals surface area (Å²) in [5.74, 6) is 0.854. The summed E-state index contributed by atoms with van der Waals surface area (Å²) in [6, 6.07) is 13.0. The van der Waals surface area contributed by atoms with Crippen LogP contribution in [0.2, 0.25) is 0 Å². The molecule has 2 aliphatic rings. The standard InChI is InChI=1S/2C13H17NO2/c2*1-8-4-5-10-7-9(2)12(11(10)6-8)14-13(15)16-3/h2*4-6,9,12H,7H2,1-3H3,(H,14,15)/t2*9-,12+/m00/s1. The number of amides is 2. The molecular weight excluding hydrogens is 404 g/mol. The Bertz CT molecular complexity index is 908. The van der Waals surface area contributed by atoms with Crippen molar-refractivity contribution in [3.8, 4) is 0 Å². The van der Waals surface area contributed by atoms with Gasteiger partial charge in [0, 0.05) is 0 Å². The highest BCUT2D eigenvalue weighted by Crippen LogP contribution is 2.37. The summed E-state index contributed by atoms with van der Waals surface area (Å²) < 4.78 is 9.31. The molecule has 0 radical (unpaired) electrons. The Labute approximate surface area is 190 Å². The lowest BCUT2D eigenvalue weighted by molar-refractivity contribution is 0.162. The molecule has 2 aromatic rings. The van der Waals surface area contributed by atoms with Crippen molar-refractivity contribution in [3.63, 3.8) is 0 Å².